The van der Waals surface area contributed by atoms with Crippen LogP contribution in [0.3, 0.4) is 0 Å². The molecule has 1 rings (SSSR count). The topological polar surface area (TPSA) is 84.0 Å². The van der Waals surface area contributed by atoms with Crippen LogP contribution < -0.4 is 16.0 Å². The van der Waals surface area contributed by atoms with Gasteiger partial charge in [0.05, 0.1) is 26.4 Å². The molecule has 0 heterocycles. The van der Waals surface area contributed by atoms with Crippen molar-refractivity contribution in [3.8, 4) is 0 Å². The van der Waals surface area contributed by atoms with Gasteiger partial charge in [0.15, 0.2) is 5.96 Å². The van der Waals surface area contributed by atoms with Gasteiger partial charge in [-0.25, -0.2) is 4.99 Å². The Kier molecular flexibility index (Phi) is 12.7. The van der Waals surface area contributed by atoms with E-state index >= 15 is 0 Å². The number of nitrogens with one attached hydrogen (secondary N) is 3. The first-order valence-electron chi connectivity index (χ1n) is 9.69. The molecular formula is C20H34N4O3. The average molecular weight is 379 g/mol. The van der Waals surface area contributed by atoms with Gasteiger partial charge in [0.25, 0.3) is 0 Å². The fourth-order valence-electron chi connectivity index (χ4n) is 2.27. The molecule has 0 unspecified atom stereocenters. The highest BCUT2D eigenvalue weighted by Gasteiger charge is 2.00. The maximum atomic E-state index is 11.2. The Morgan fingerprint density at radius 3 is 2.56 bits per heavy atom. The van der Waals surface area contributed by atoms with Gasteiger partial charge < -0.3 is 25.4 Å². The molecule has 7 heteroatoms. The van der Waals surface area contributed by atoms with Crippen LogP contribution in [0.15, 0.2) is 29.3 Å². The van der Waals surface area contributed by atoms with E-state index in [2.05, 4.69) is 27.9 Å². The summed E-state index contributed by atoms with van der Waals surface area (Å²) in [6.07, 6.45) is 2.24. The molecule has 1 amide bonds. The summed E-state index contributed by atoms with van der Waals surface area (Å²) in [7, 11) is 0. The zero-order valence-electron chi connectivity index (χ0n) is 16.8. The van der Waals surface area contributed by atoms with Crippen LogP contribution in [0.2, 0.25) is 0 Å². The summed E-state index contributed by atoms with van der Waals surface area (Å²) in [5.41, 5.74) is 1.81. The number of ether oxygens (including phenoxy) is 2. The molecule has 27 heavy (non-hydrogen) atoms. The van der Waals surface area contributed by atoms with E-state index in [1.54, 1.807) is 0 Å². The van der Waals surface area contributed by atoms with Gasteiger partial charge in [0.1, 0.15) is 0 Å². The molecule has 152 valence electrons. The van der Waals surface area contributed by atoms with Crippen LogP contribution in [0, 0.1) is 0 Å². The second kappa shape index (κ2) is 15.0. The first-order chi connectivity index (χ1) is 13.2. The monoisotopic (exact) mass is 378 g/mol. The lowest BCUT2D eigenvalue weighted by Gasteiger charge is -2.12. The molecule has 1 aromatic rings. The van der Waals surface area contributed by atoms with Crippen LogP contribution in [0.5, 0.6) is 0 Å². The van der Waals surface area contributed by atoms with E-state index in [9.17, 15) is 4.79 Å². The average Bonchev–Trinajstić information content (AvgIpc) is 2.64. The second-order valence-corrected chi connectivity index (χ2v) is 6.08. The number of hydrogen-bond acceptors (Lipinski definition) is 4. The van der Waals surface area contributed by atoms with Gasteiger partial charge in [0.2, 0.25) is 5.91 Å². The third-order valence-corrected chi connectivity index (χ3v) is 3.56. The van der Waals surface area contributed by atoms with Gasteiger partial charge in [-0.2, -0.15) is 0 Å². The molecule has 0 saturated carbocycles. The Balaban J connectivity index is 2.32. The Morgan fingerprint density at radius 1 is 1.07 bits per heavy atom. The SMILES string of the molecule is CCCCOCCOCCNC(=NCc1cccc(NC(C)=O)c1)NCC. The lowest BCUT2D eigenvalue weighted by molar-refractivity contribution is -0.114. The molecule has 0 saturated heterocycles. The van der Waals surface area contributed by atoms with Crippen molar-refractivity contribution in [1.29, 1.82) is 0 Å². The molecule has 0 spiro atoms. The molecule has 0 atom stereocenters. The Morgan fingerprint density at radius 2 is 1.85 bits per heavy atom. The second-order valence-electron chi connectivity index (χ2n) is 6.08. The van der Waals surface area contributed by atoms with Gasteiger partial charge in [-0.15, -0.1) is 0 Å². The normalized spacial score (nSPS) is 11.3. The van der Waals surface area contributed by atoms with Crippen LogP contribution in [0.4, 0.5) is 5.69 Å². The van der Waals surface area contributed by atoms with Crippen molar-refractivity contribution < 1.29 is 14.3 Å². The summed E-state index contributed by atoms with van der Waals surface area (Å²) in [4.78, 5) is 15.7. The summed E-state index contributed by atoms with van der Waals surface area (Å²) in [5, 5.41) is 9.25. The zero-order valence-corrected chi connectivity index (χ0v) is 16.8. The summed E-state index contributed by atoms with van der Waals surface area (Å²) in [6.45, 7) is 10.3. The van der Waals surface area contributed by atoms with Gasteiger partial charge in [0, 0.05) is 32.3 Å². The Hall–Kier alpha value is -2.12. The van der Waals surface area contributed by atoms with Gasteiger partial charge in [-0.1, -0.05) is 25.5 Å². The minimum atomic E-state index is -0.0820. The highest BCUT2D eigenvalue weighted by molar-refractivity contribution is 5.88. The van der Waals surface area contributed by atoms with Crippen molar-refractivity contribution in [2.45, 2.75) is 40.2 Å². The van der Waals surface area contributed by atoms with Crippen LogP contribution in [-0.4, -0.2) is 51.4 Å². The predicted molar refractivity (Wildman–Crippen MR) is 110 cm³/mol. The van der Waals surface area contributed by atoms with Crippen molar-refractivity contribution >= 4 is 17.6 Å². The number of guanidine groups is 1. The van der Waals surface area contributed by atoms with E-state index in [1.165, 1.54) is 6.92 Å². The van der Waals surface area contributed by atoms with Crippen molar-refractivity contribution in [1.82, 2.24) is 10.6 Å². The maximum Gasteiger partial charge on any atom is 0.221 e. The van der Waals surface area contributed by atoms with Crippen LogP contribution >= 0.6 is 0 Å². The third kappa shape index (κ3) is 12.0. The predicted octanol–water partition coefficient (Wildman–Crippen LogP) is 2.53. The van der Waals surface area contributed by atoms with Gasteiger partial charge in [-0.05, 0) is 31.0 Å². The minimum Gasteiger partial charge on any atom is -0.379 e. The van der Waals surface area contributed by atoms with Crippen LogP contribution in [0.25, 0.3) is 0 Å². The number of hydrogen-bond donors (Lipinski definition) is 3. The summed E-state index contributed by atoms with van der Waals surface area (Å²) in [6, 6.07) is 7.68. The quantitative estimate of drug-likeness (QED) is 0.279. The highest BCUT2D eigenvalue weighted by atomic mass is 16.5. The van der Waals surface area contributed by atoms with E-state index in [1.807, 2.05) is 31.2 Å². The molecule has 0 aliphatic carbocycles. The van der Waals surface area contributed by atoms with E-state index in [0.29, 0.717) is 32.9 Å². The lowest BCUT2D eigenvalue weighted by atomic mass is 10.2. The lowest BCUT2D eigenvalue weighted by Crippen LogP contribution is -2.39. The number of carbonyl (C=O) groups excluding carboxylic acids is 1. The first kappa shape index (κ1) is 22.9. The number of benzene rings is 1. The van der Waals surface area contributed by atoms with Crippen LogP contribution in [0.1, 0.15) is 39.2 Å². The van der Waals surface area contributed by atoms with Crippen molar-refractivity contribution in [3.63, 3.8) is 0 Å². The number of anilines is 1. The first-order valence-corrected chi connectivity index (χ1v) is 9.69. The number of aliphatic imine (C=N–C) groups is 1. The van der Waals surface area contributed by atoms with E-state index in [4.69, 9.17) is 9.47 Å². The highest BCUT2D eigenvalue weighted by Crippen LogP contribution is 2.11. The number of carbonyl (C=O) groups is 1. The summed E-state index contributed by atoms with van der Waals surface area (Å²) >= 11 is 0. The fraction of sp³-hybridized carbons (Fsp3) is 0.600. The molecule has 0 radical (unpaired) electrons. The summed E-state index contributed by atoms with van der Waals surface area (Å²) in [5.74, 6) is 0.659. The standard InChI is InChI=1S/C20H34N4O3/c1-4-6-11-26-13-14-27-12-10-22-20(21-5-2)23-16-18-8-7-9-19(15-18)24-17(3)25/h7-9,15H,4-6,10-14,16H2,1-3H3,(H,24,25)(H2,21,22,23). The zero-order chi connectivity index (χ0) is 19.7. The molecule has 0 fully saturated rings. The molecule has 3 N–H and O–H groups in total. The molecular weight excluding hydrogens is 344 g/mol. The third-order valence-electron chi connectivity index (χ3n) is 3.56. The van der Waals surface area contributed by atoms with E-state index in [0.717, 1.165) is 43.2 Å². The number of unbranched alkanes of at least 4 members (excludes halogenated alkanes) is 1. The summed E-state index contributed by atoms with van der Waals surface area (Å²) < 4.78 is 11.0. The van der Waals surface area contributed by atoms with Crippen molar-refractivity contribution in [3.05, 3.63) is 29.8 Å². The Bertz CT molecular complexity index is 564. The minimum absolute atomic E-state index is 0.0820. The molecule has 7 nitrogen and oxygen atoms in total. The van der Waals surface area contributed by atoms with Crippen molar-refractivity contribution in [2.75, 3.05) is 44.8 Å². The van der Waals surface area contributed by atoms with E-state index < -0.39 is 0 Å². The van der Waals surface area contributed by atoms with Crippen molar-refractivity contribution in [2.24, 2.45) is 4.99 Å². The van der Waals surface area contributed by atoms with Gasteiger partial charge in [-0.3, -0.25) is 4.79 Å². The Labute approximate surface area is 162 Å². The number of amides is 1. The largest absolute Gasteiger partial charge is 0.379 e. The van der Waals surface area contributed by atoms with E-state index in [-0.39, 0.29) is 5.91 Å². The molecule has 0 aliphatic rings. The molecule has 1 aromatic carbocycles. The number of rotatable bonds is 13. The molecule has 0 bridgehead atoms. The van der Waals surface area contributed by atoms with Crippen LogP contribution in [-0.2, 0) is 20.8 Å². The van der Waals surface area contributed by atoms with Gasteiger partial charge >= 0.3 is 0 Å². The molecule has 0 aliphatic heterocycles. The number of nitrogens with zero attached hydrogens (tertiary/aromatic N) is 1. The fourth-order valence-corrected chi connectivity index (χ4v) is 2.27. The maximum absolute atomic E-state index is 11.2. The molecule has 0 aromatic heterocycles. The smallest absolute Gasteiger partial charge is 0.221 e.